The van der Waals surface area contributed by atoms with E-state index in [2.05, 4.69) is 62.6 Å². The van der Waals surface area contributed by atoms with E-state index in [4.69, 9.17) is 190 Å². The number of ketones is 1. The number of methoxy groups -OCH3 is 2. The van der Waals surface area contributed by atoms with Crippen LogP contribution in [-0.2, 0) is 32.9 Å². The molecule has 25 nitrogen and oxygen atoms in total. The Kier molecular flexibility index (Phi) is 45.0. The number of esters is 1. The van der Waals surface area contributed by atoms with Crippen LogP contribution in [0.1, 0.15) is 61.3 Å². The minimum Gasteiger partial charge on any atom is -0.870 e. The molecule has 0 spiro atoms. The normalized spacial score (nSPS) is 10.4. The summed E-state index contributed by atoms with van der Waals surface area (Å²) < 4.78 is 127. The molecule has 48 heteroatoms. The number of nitriles is 2. The van der Waals surface area contributed by atoms with Gasteiger partial charge < -0.3 is 70.8 Å². The molecule has 0 amide bonds. The van der Waals surface area contributed by atoms with Crippen LogP contribution < -0.4 is 56.4 Å². The Morgan fingerprint density at radius 3 is 1.31 bits per heavy atom. The van der Waals surface area contributed by atoms with E-state index < -0.39 is 58.9 Å². The van der Waals surface area contributed by atoms with E-state index in [0.29, 0.717) is 70.5 Å². The van der Waals surface area contributed by atoms with E-state index in [0.717, 1.165) is 39.7 Å². The number of aromatic carboxylic acids is 2. The number of aromatic nitrogens is 5. The molecule has 0 aliphatic carbocycles. The molecule has 0 aliphatic rings. The van der Waals surface area contributed by atoms with E-state index in [9.17, 15) is 58.7 Å². The van der Waals surface area contributed by atoms with Crippen molar-refractivity contribution >= 4 is 206 Å². The number of anilines is 1. The van der Waals surface area contributed by atoms with Crippen LogP contribution in [-0.4, -0.2) is 116 Å². The fourth-order valence-electron chi connectivity index (χ4n) is 6.34. The van der Waals surface area contributed by atoms with Gasteiger partial charge in [-0.15, -0.1) is 0 Å². The Balaban J connectivity index is 0. The van der Waals surface area contributed by atoms with Crippen LogP contribution >= 0.6 is 159 Å². The van der Waals surface area contributed by atoms with Crippen LogP contribution in [0.15, 0.2) is 107 Å². The molecule has 5 aromatic heterocycles. The number of carbonyl (C=O) groups excluding carboxylic acids is 2. The fourth-order valence-corrected chi connectivity index (χ4v) is 9.34. The summed E-state index contributed by atoms with van der Waals surface area (Å²) in [6.45, 7) is 1.90. The van der Waals surface area contributed by atoms with E-state index in [1.165, 1.54) is 56.7 Å². The van der Waals surface area contributed by atoms with Crippen LogP contribution in [0.3, 0.4) is 0 Å². The molecule has 0 saturated carbocycles. The number of nitrogens with zero attached hydrogens (tertiary/aromatic N) is 8. The molecule has 0 bridgehead atoms. The number of nitrogen functional groups attached to an aromatic ring is 1. The number of amidine groups is 1. The summed E-state index contributed by atoms with van der Waals surface area (Å²) in [4.78, 5) is 52.5. The minimum atomic E-state index is -4.55. The Morgan fingerprint density at radius 2 is 0.953 bits per heavy atom. The van der Waals surface area contributed by atoms with Gasteiger partial charge in [-0.25, -0.2) is 35.2 Å². The topological polar surface area (TPSA) is 433 Å². The smallest absolute Gasteiger partial charge is 0.870 e. The average molecular weight is 1860 g/mol. The van der Waals surface area contributed by atoms with E-state index in [-0.39, 0.29) is 129 Å². The van der Waals surface area contributed by atoms with Gasteiger partial charge in [0.15, 0.2) is 28.5 Å². The predicted octanol–water partition coefficient (Wildman–Crippen LogP) is 15.4. The molecule has 0 atom stereocenters. The summed E-state index contributed by atoms with van der Waals surface area (Å²) in [5.41, 5.74) is 7.83. The summed E-state index contributed by atoms with van der Waals surface area (Å²) in [5.74, 6) is 0.101. The van der Waals surface area contributed by atoms with Crippen LogP contribution in [0.25, 0.3) is 11.3 Å². The first-order valence-electron chi connectivity index (χ1n) is 26.1. The number of hydrogen-bond donors (Lipinski definition) is 9. The van der Waals surface area contributed by atoms with Crippen molar-refractivity contribution in [1.82, 2.24) is 23.8 Å². The van der Waals surface area contributed by atoms with Gasteiger partial charge in [-0.2, -0.15) is 50.0 Å². The standard InChI is InChI=1S/2C9H4ClF3N2O2.C8H8Cl2N2O2.C8H5Cl2NO.C7H3Cl2NO.C6H3BrCl2O.C6H4ClF3N2.C5H7BrO3.H3NO.Na.H2O/c2*10-5-1-4(9(11,12)13)2-15-3-6(8(16)17)14-7(5)15;1-14-7-3-5(9)4(2-6(7)10)8(11)12-13;1-12-8-3-6(9)5(4-11)2-7(8)10;8-5-2-7(11)6(9)1-4(5)3-10;7-3-1-5(9)6(10)2-4(3)8;7-4-1-3(6(8,9)10)2-12-5(4)11;1-2-9-5(8)4(7)3-6;1-2;;/h2*1-3H,(H,16,17);2-3,13H,1H3,(H2,11,12);2-3H,1H3;1-2,11H;1-2,10H;1-2H,(H2,11,12);2-3H2,1H3;2H,1H2;;1H2/q;;;;;;;;;+1;/p-1. The van der Waals surface area contributed by atoms with Crippen LogP contribution in [0.5, 0.6) is 23.0 Å². The molecule has 0 aliphatic heterocycles. The molecule has 4 aromatic carbocycles. The number of ether oxygens (including phenoxy) is 3. The first-order valence-corrected chi connectivity index (χ1v) is 32.2. The third-order valence-electron chi connectivity index (χ3n) is 11.1. The van der Waals surface area contributed by atoms with Gasteiger partial charge in [0.2, 0.25) is 5.78 Å². The van der Waals surface area contributed by atoms with Crippen molar-refractivity contribution in [2.75, 3.05) is 31.9 Å². The van der Waals surface area contributed by atoms with Gasteiger partial charge in [0.05, 0.1) is 109 Å². The number of Topliss-reactive ketones (excluding diaryl/α,β-unsaturated/α-hetero) is 1. The molecule has 5 heterocycles. The van der Waals surface area contributed by atoms with E-state index >= 15 is 0 Å². The SMILES string of the molecule is CCOC(=O)C(=O)CBr.COc1cc(Cl)c(/C(N)=N/O)cc1Cl.COc1cc(Cl)c(C#N)cc1Cl.N#Cc1cc(Cl)c(O)cc1Cl.NO.Nc1ncc(C(F)(F)F)cc1Cl.O=C(O)c1cn2cc(C(F)(F)F)cc(Cl)c2n1.O=C(O)c1cn2cc(C(F)(F)F)cc(Cl)c2n1.Oc1cc(Cl)c(Br)cc1Cl.[Na+].[OH-]. The third-order valence-corrected chi connectivity index (χ3v) is 15.8. The summed E-state index contributed by atoms with van der Waals surface area (Å²) in [7, 11) is 2.96. The van der Waals surface area contributed by atoms with Gasteiger partial charge in [0.1, 0.15) is 41.0 Å². The Labute approximate surface area is 684 Å². The molecule has 9 aromatic rings. The number of halogens is 22. The maximum Gasteiger partial charge on any atom is 1.00 e. The number of oxime groups is 1. The van der Waals surface area contributed by atoms with Gasteiger partial charge >= 0.3 is 66.0 Å². The Bertz CT molecular complexity index is 4500. The second-order valence-electron chi connectivity index (χ2n) is 18.0. The second kappa shape index (κ2) is 47.2. The number of nitrogens with two attached hydrogens (primary N) is 3. The number of carboxylic acid groups (broad SMARTS) is 2. The number of hydrogen-bond acceptors (Lipinski definition) is 20. The molecule has 0 unspecified atom stereocenters. The molecular weight excluding hydrogens is 1820 g/mol. The largest absolute Gasteiger partial charge is 1.00 e. The van der Waals surface area contributed by atoms with Crippen molar-refractivity contribution in [3.63, 3.8) is 0 Å². The number of fused-ring (bicyclic) bond motifs is 2. The van der Waals surface area contributed by atoms with Crippen LogP contribution in [0.2, 0.25) is 55.2 Å². The molecule has 13 N–H and O–H groups in total. The Morgan fingerprint density at radius 1 is 0.575 bits per heavy atom. The first kappa shape index (κ1) is 101. The number of carboxylic acids is 2. The zero-order valence-corrected chi connectivity index (χ0v) is 66.3. The number of aromatic hydroxyl groups is 2. The number of pyridine rings is 3. The van der Waals surface area contributed by atoms with Crippen molar-refractivity contribution in [3.05, 3.63) is 202 Å². The van der Waals surface area contributed by atoms with Crippen molar-refractivity contribution in [2.45, 2.75) is 25.5 Å². The number of imidazole rings is 2. The molecule has 568 valence electrons. The van der Waals surface area contributed by atoms with Crippen LogP contribution in [0.4, 0.5) is 45.3 Å². The number of rotatable bonds is 8. The van der Waals surface area contributed by atoms with Crippen molar-refractivity contribution in [3.8, 4) is 35.1 Å². The third kappa shape index (κ3) is 32.1. The summed E-state index contributed by atoms with van der Waals surface area (Å²) in [6.07, 6.45) is -9.47. The molecule has 0 radical (unpaired) electrons. The molecular formula is C58H42Br2Cl11F9N11NaO14. The zero-order chi connectivity index (χ0) is 80.2. The van der Waals surface area contributed by atoms with Gasteiger partial charge in [0, 0.05) is 65.3 Å². The van der Waals surface area contributed by atoms with Gasteiger partial charge in [-0.05, 0) is 65.3 Å². The Hall–Kier alpha value is -6.86. The van der Waals surface area contributed by atoms with E-state index in [1.54, 1.807) is 13.0 Å². The predicted molar refractivity (Wildman–Crippen MR) is 378 cm³/mol. The number of benzene rings is 4. The molecule has 106 heavy (non-hydrogen) atoms. The van der Waals surface area contributed by atoms with Crippen molar-refractivity contribution in [2.24, 2.45) is 16.8 Å². The van der Waals surface area contributed by atoms with E-state index in [1.807, 2.05) is 12.1 Å². The molecule has 0 saturated heterocycles. The molecule has 9 rings (SSSR count). The summed E-state index contributed by atoms with van der Waals surface area (Å²) in [6, 6.07) is 17.3. The van der Waals surface area contributed by atoms with Gasteiger partial charge in [0.25, 0.3) is 0 Å². The fraction of sp³-hybridized carbons (Fsp3) is 0.138. The average Bonchev–Trinajstić information content (AvgIpc) is 1.63. The number of phenols is 2. The molecule has 0 fully saturated rings. The zero-order valence-electron chi connectivity index (χ0n) is 52.8. The second-order valence-corrected chi connectivity index (χ2v) is 23.9. The first-order chi connectivity index (χ1) is 48.2. The van der Waals surface area contributed by atoms with Crippen LogP contribution in [0, 0.1) is 22.7 Å². The quantitative estimate of drug-likeness (QED) is 0.00652. The van der Waals surface area contributed by atoms with Crippen molar-refractivity contribution in [1.29, 1.82) is 10.5 Å². The summed E-state index contributed by atoms with van der Waals surface area (Å²) in [5, 5.41) is 71.9. The van der Waals surface area contributed by atoms with Gasteiger partial charge in [-0.3, -0.25) is 4.79 Å². The number of alkyl halides is 10. The minimum absolute atomic E-state index is 0. The monoisotopic (exact) mass is 1850 g/mol. The maximum absolute atomic E-state index is 12.5. The summed E-state index contributed by atoms with van der Waals surface area (Å²) >= 11 is 67.9. The number of phenolic OH excluding ortho intramolecular Hbond substituents is 2. The van der Waals surface area contributed by atoms with Crippen molar-refractivity contribution < 1.29 is 139 Å². The number of carbonyl (C=O) groups is 4. The maximum atomic E-state index is 12.5. The van der Waals surface area contributed by atoms with Gasteiger partial charge in [-0.1, -0.05) is 149 Å².